The molecule has 1 nitrogen and oxygen atoms in total. The predicted molar refractivity (Wildman–Crippen MR) is 32.7 cm³/mol. The smallest absolute Gasteiger partial charge is 0.246 e. The monoisotopic (exact) mass is 143 g/mol. The number of hydrogen-bond acceptors (Lipinski definition) is 1. The van der Waals surface area contributed by atoms with Gasteiger partial charge in [-0.15, -0.1) is 0 Å². The van der Waals surface area contributed by atoms with Gasteiger partial charge in [-0.05, 0) is 12.2 Å². The molecular weight excluding hydrogens is 138 g/mol. The van der Waals surface area contributed by atoms with E-state index in [0.717, 1.165) is 18.4 Å². The summed E-state index contributed by atoms with van der Waals surface area (Å²) < 4.78 is 25.2. The van der Waals surface area contributed by atoms with Crippen molar-refractivity contribution in [3.63, 3.8) is 0 Å². The van der Waals surface area contributed by atoms with Gasteiger partial charge >= 0.3 is 0 Å². The Labute approximate surface area is 57.0 Å². The van der Waals surface area contributed by atoms with Crippen molar-refractivity contribution in [2.75, 3.05) is 0 Å². The van der Waals surface area contributed by atoms with Crippen LogP contribution in [0.4, 0.5) is 8.78 Å². The van der Waals surface area contributed by atoms with Crippen molar-refractivity contribution in [3.8, 4) is 0 Å². The maximum Gasteiger partial charge on any atom is 0.246 e. The first-order valence-corrected chi connectivity index (χ1v) is 2.77. The molecule has 53 valence electrons. The van der Waals surface area contributed by atoms with Crippen LogP contribution >= 0.6 is 0 Å². The Morgan fingerprint density at radius 1 is 1.50 bits per heavy atom. The van der Waals surface area contributed by atoms with Gasteiger partial charge in [-0.2, -0.15) is 0 Å². The van der Waals surface area contributed by atoms with Crippen LogP contribution in [0.1, 0.15) is 0 Å². The second kappa shape index (κ2) is 2.33. The number of carbonyl (C=O) groups excluding carboxylic acids is 1. The lowest BCUT2D eigenvalue weighted by Gasteiger charge is -2.17. The molecule has 10 heavy (non-hydrogen) atoms. The normalized spacial score (nSPS) is 38.0. The van der Waals surface area contributed by atoms with Crippen molar-refractivity contribution in [2.24, 2.45) is 0 Å². The zero-order chi connectivity index (χ0) is 7.61. The molecule has 0 saturated carbocycles. The fraction of sp³-hybridized carbons (Fsp3) is 0.286. The maximum atomic E-state index is 12.8. The van der Waals surface area contributed by atoms with Crippen LogP contribution in [0.15, 0.2) is 24.3 Å². The molecule has 0 bridgehead atoms. The van der Waals surface area contributed by atoms with E-state index in [0.29, 0.717) is 0 Å². The second-order valence-corrected chi connectivity index (χ2v) is 2.02. The Hall–Kier alpha value is -0.990. The van der Waals surface area contributed by atoms with E-state index in [-0.39, 0.29) is 0 Å². The van der Waals surface area contributed by atoms with Crippen molar-refractivity contribution in [1.82, 2.24) is 0 Å². The highest BCUT2D eigenvalue weighted by Crippen LogP contribution is 2.22. The van der Waals surface area contributed by atoms with Gasteiger partial charge in [-0.1, -0.05) is 12.2 Å². The molecular formula is C7H5F2O. The highest BCUT2D eigenvalue weighted by atomic mass is 19.2. The van der Waals surface area contributed by atoms with Gasteiger partial charge in [0, 0.05) is 0 Å². The molecule has 2 atom stereocenters. The number of halogens is 2. The van der Waals surface area contributed by atoms with Gasteiger partial charge in [0.15, 0.2) is 6.17 Å². The van der Waals surface area contributed by atoms with Crippen LogP contribution in [0.25, 0.3) is 0 Å². The fourth-order valence-electron chi connectivity index (χ4n) is 0.680. The average Bonchev–Trinajstić information content (AvgIpc) is 1.96. The van der Waals surface area contributed by atoms with Gasteiger partial charge in [0.25, 0.3) is 0 Å². The summed E-state index contributed by atoms with van der Waals surface area (Å²) in [7, 11) is 0. The van der Waals surface area contributed by atoms with Crippen molar-refractivity contribution in [2.45, 2.75) is 11.8 Å². The van der Waals surface area contributed by atoms with E-state index >= 15 is 0 Å². The second-order valence-electron chi connectivity index (χ2n) is 2.02. The number of hydrogen-bond donors (Lipinski definition) is 0. The molecule has 2 unspecified atom stereocenters. The standard InChI is InChI=1S/C7H5F2O/c8-6-3-1-2-4-7(6,9)5-10/h1-4,6H. The molecule has 1 aliphatic rings. The molecule has 0 N–H and O–H groups in total. The van der Waals surface area contributed by atoms with Crippen molar-refractivity contribution in [1.29, 1.82) is 0 Å². The van der Waals surface area contributed by atoms with Gasteiger partial charge in [-0.3, -0.25) is 4.79 Å². The highest BCUT2D eigenvalue weighted by Gasteiger charge is 2.37. The van der Waals surface area contributed by atoms with E-state index in [1.807, 2.05) is 0 Å². The third kappa shape index (κ3) is 0.988. The number of allylic oxidation sites excluding steroid dienone is 4. The molecule has 0 saturated heterocycles. The van der Waals surface area contributed by atoms with Crippen molar-refractivity contribution >= 4 is 6.29 Å². The minimum absolute atomic E-state index is 0.852. The summed E-state index contributed by atoms with van der Waals surface area (Å²) in [6.07, 6.45) is 3.56. The first-order valence-electron chi connectivity index (χ1n) is 2.77. The van der Waals surface area contributed by atoms with Crippen LogP contribution in [-0.4, -0.2) is 18.1 Å². The number of rotatable bonds is 1. The summed E-state index contributed by atoms with van der Waals surface area (Å²) in [6.45, 7) is 0. The van der Waals surface area contributed by atoms with E-state index in [2.05, 4.69) is 0 Å². The van der Waals surface area contributed by atoms with Crippen LogP contribution in [0.2, 0.25) is 0 Å². The Kier molecular flexibility index (Phi) is 1.66. The zero-order valence-corrected chi connectivity index (χ0v) is 5.05. The molecule has 0 aromatic heterocycles. The Balaban J connectivity index is 2.87. The quantitative estimate of drug-likeness (QED) is 0.540. The zero-order valence-electron chi connectivity index (χ0n) is 5.05. The van der Waals surface area contributed by atoms with Crippen molar-refractivity contribution in [3.05, 3.63) is 24.3 Å². The Bertz CT molecular complexity index is 198. The van der Waals surface area contributed by atoms with Crippen LogP contribution in [0.5, 0.6) is 0 Å². The SMILES string of the molecule is O=[C]C1(F)C=CC=CC1F. The molecule has 0 aromatic carbocycles. The Morgan fingerprint density at radius 2 is 2.20 bits per heavy atom. The van der Waals surface area contributed by atoms with E-state index in [1.54, 1.807) is 0 Å². The molecule has 0 aliphatic heterocycles. The fourth-order valence-corrected chi connectivity index (χ4v) is 0.680. The van der Waals surface area contributed by atoms with E-state index in [1.165, 1.54) is 12.2 Å². The average molecular weight is 143 g/mol. The molecule has 0 spiro atoms. The van der Waals surface area contributed by atoms with Gasteiger partial charge < -0.3 is 0 Å². The lowest BCUT2D eigenvalue weighted by atomic mass is 9.97. The maximum absolute atomic E-state index is 12.8. The molecule has 0 fully saturated rings. The Morgan fingerprint density at radius 3 is 2.60 bits per heavy atom. The van der Waals surface area contributed by atoms with Crippen molar-refractivity contribution < 1.29 is 13.6 Å². The lowest BCUT2D eigenvalue weighted by Crippen LogP contribution is -2.34. The summed E-state index contributed by atoms with van der Waals surface area (Å²) in [5, 5.41) is 0. The summed E-state index contributed by atoms with van der Waals surface area (Å²) in [4.78, 5) is 9.87. The molecule has 3 heteroatoms. The molecule has 0 amide bonds. The highest BCUT2D eigenvalue weighted by molar-refractivity contribution is 5.69. The van der Waals surface area contributed by atoms with Gasteiger partial charge in [0.05, 0.1) is 0 Å². The van der Waals surface area contributed by atoms with Crippen LogP contribution in [0, 0.1) is 0 Å². The first kappa shape index (κ1) is 7.12. The third-order valence-electron chi connectivity index (χ3n) is 1.29. The minimum atomic E-state index is -2.56. The van der Waals surface area contributed by atoms with Crippen LogP contribution in [-0.2, 0) is 4.79 Å². The van der Waals surface area contributed by atoms with Gasteiger partial charge in [0.2, 0.25) is 12.0 Å². The van der Waals surface area contributed by atoms with Gasteiger partial charge in [-0.25, -0.2) is 8.78 Å². The van der Waals surface area contributed by atoms with E-state index in [9.17, 15) is 13.6 Å². The summed E-state index contributed by atoms with van der Waals surface area (Å²) in [5.41, 5.74) is -2.56. The van der Waals surface area contributed by atoms with Crippen LogP contribution < -0.4 is 0 Å². The molecule has 0 heterocycles. The van der Waals surface area contributed by atoms with Crippen LogP contribution in [0.3, 0.4) is 0 Å². The number of alkyl halides is 2. The predicted octanol–water partition coefficient (Wildman–Crippen LogP) is 1.27. The van der Waals surface area contributed by atoms with E-state index in [4.69, 9.17) is 0 Å². The largest absolute Gasteiger partial charge is 0.287 e. The molecule has 1 radical (unpaired) electrons. The first-order chi connectivity index (χ1) is 4.69. The molecule has 1 aliphatic carbocycles. The summed E-state index contributed by atoms with van der Waals surface area (Å²) >= 11 is 0. The minimum Gasteiger partial charge on any atom is -0.287 e. The molecule has 0 aromatic rings. The summed E-state index contributed by atoms with van der Waals surface area (Å²) in [5.74, 6) is 0. The molecule has 1 rings (SSSR count). The topological polar surface area (TPSA) is 17.1 Å². The van der Waals surface area contributed by atoms with E-state index < -0.39 is 11.8 Å². The lowest BCUT2D eigenvalue weighted by molar-refractivity contribution is 0.187. The summed E-state index contributed by atoms with van der Waals surface area (Å²) in [6, 6.07) is 0. The third-order valence-corrected chi connectivity index (χ3v) is 1.29. The van der Waals surface area contributed by atoms with Gasteiger partial charge in [0.1, 0.15) is 0 Å².